The molecule has 2 aromatic rings. The lowest BCUT2D eigenvalue weighted by atomic mass is 9.81. The summed E-state index contributed by atoms with van der Waals surface area (Å²) < 4.78 is 33.7. The predicted octanol–water partition coefficient (Wildman–Crippen LogP) is 9.67. The Morgan fingerprint density at radius 2 is 0.903 bits per heavy atom. The number of anilines is 2. The lowest BCUT2D eigenvalue weighted by molar-refractivity contribution is 0.00254. The Balaban J connectivity index is 0.000000234. The van der Waals surface area contributed by atoms with Crippen LogP contribution in [0, 0.1) is 11.8 Å². The summed E-state index contributed by atoms with van der Waals surface area (Å²) in [4.78, 5) is 65.8. The molecule has 2 fully saturated rings. The number of ether oxygens (including phenoxy) is 6. The van der Waals surface area contributed by atoms with Gasteiger partial charge in [-0.1, -0.05) is 23.5 Å². The van der Waals surface area contributed by atoms with E-state index in [9.17, 15) is 19.2 Å². The highest BCUT2D eigenvalue weighted by molar-refractivity contribution is 8.14. The van der Waals surface area contributed by atoms with Gasteiger partial charge in [0.2, 0.25) is 0 Å². The summed E-state index contributed by atoms with van der Waals surface area (Å²) in [6.07, 6.45) is -1.60. The maximum Gasteiger partial charge on any atom is 0.426 e. The summed E-state index contributed by atoms with van der Waals surface area (Å²) in [7, 11) is 0. The number of rotatable bonds is 2. The summed E-state index contributed by atoms with van der Waals surface area (Å²) >= 11 is 5.74. The Kier molecular flexibility index (Phi) is 15.1. The van der Waals surface area contributed by atoms with Crippen molar-refractivity contribution in [2.24, 2.45) is 21.8 Å². The van der Waals surface area contributed by atoms with Crippen molar-refractivity contribution < 1.29 is 47.6 Å². The van der Waals surface area contributed by atoms with Crippen LogP contribution in [0.4, 0.5) is 30.6 Å². The molecule has 0 bridgehead atoms. The standard InChI is InChI=1S/2C21H31N3O5S2/c2*1-19(2,3)28-17(25)24(18(26)29-20(4,5)6)16-23-21(15-9-14(22)11-30-15)12-27-8-7-13(21)10-31-16/h2*9,11,13H,7-8,10,12,22H2,1-6H3/t2*13-,21-/m00/s1. The van der Waals surface area contributed by atoms with E-state index in [0.29, 0.717) is 49.3 Å². The van der Waals surface area contributed by atoms with E-state index in [-0.39, 0.29) is 22.2 Å². The highest BCUT2D eigenvalue weighted by Gasteiger charge is 2.51. The van der Waals surface area contributed by atoms with Gasteiger partial charge in [0.25, 0.3) is 0 Å². The lowest BCUT2D eigenvalue weighted by Crippen LogP contribution is -2.52. The number of hydrogen-bond acceptors (Lipinski definition) is 18. The number of carbonyl (C=O) groups excluding carboxylic acids is 4. The molecule has 0 unspecified atom stereocenters. The first kappa shape index (κ1) is 49.5. The first-order valence-corrected chi connectivity index (χ1v) is 24.2. The number of imide groups is 2. The molecule has 4 amide bonds. The van der Waals surface area contributed by atoms with Crippen LogP contribution >= 0.6 is 46.2 Å². The van der Waals surface area contributed by atoms with Crippen LogP contribution in [0.3, 0.4) is 0 Å². The molecule has 20 heteroatoms. The average Bonchev–Trinajstić information content (AvgIpc) is 3.77. The van der Waals surface area contributed by atoms with Gasteiger partial charge >= 0.3 is 24.4 Å². The molecule has 16 nitrogen and oxygen atoms in total. The third kappa shape index (κ3) is 12.4. The summed E-state index contributed by atoms with van der Waals surface area (Å²) in [6, 6.07) is 3.80. The third-order valence-electron chi connectivity index (χ3n) is 9.41. The van der Waals surface area contributed by atoms with Crippen LogP contribution in [0.5, 0.6) is 0 Å². The normalized spacial score (nSPS) is 24.1. The second kappa shape index (κ2) is 18.9. The number of fused-ring (bicyclic) bond motifs is 2. The fraction of sp³-hybridized carbons (Fsp3) is 0.667. The molecule has 0 aliphatic carbocycles. The monoisotopic (exact) mass is 938 g/mol. The van der Waals surface area contributed by atoms with E-state index in [1.165, 1.54) is 46.2 Å². The van der Waals surface area contributed by atoms with Crippen molar-refractivity contribution in [3.8, 4) is 0 Å². The molecule has 0 aromatic carbocycles. The van der Waals surface area contributed by atoms with Crippen LogP contribution in [0.1, 0.15) is 106 Å². The van der Waals surface area contributed by atoms with Gasteiger partial charge in [-0.15, -0.1) is 22.7 Å². The molecular formula is C42H62N6O10S4. The van der Waals surface area contributed by atoms with Crippen molar-refractivity contribution in [2.45, 2.75) is 129 Å². The predicted molar refractivity (Wildman–Crippen MR) is 247 cm³/mol. The van der Waals surface area contributed by atoms with Gasteiger partial charge in [0.15, 0.2) is 10.3 Å². The molecular weight excluding hydrogens is 877 g/mol. The van der Waals surface area contributed by atoms with Gasteiger partial charge in [0.1, 0.15) is 33.5 Å². The van der Waals surface area contributed by atoms with E-state index in [1.54, 1.807) is 83.1 Å². The summed E-state index contributed by atoms with van der Waals surface area (Å²) in [5.41, 5.74) is 8.75. The third-order valence-corrected chi connectivity index (χ3v) is 13.8. The van der Waals surface area contributed by atoms with Crippen LogP contribution < -0.4 is 11.5 Å². The minimum absolute atomic E-state index is 0.201. The van der Waals surface area contributed by atoms with Gasteiger partial charge in [-0.2, -0.15) is 9.80 Å². The quantitative estimate of drug-likeness (QED) is 0.269. The van der Waals surface area contributed by atoms with Crippen LogP contribution in [0.2, 0.25) is 0 Å². The molecule has 4 aliphatic heterocycles. The molecule has 4 N–H and O–H groups in total. The fourth-order valence-electron chi connectivity index (χ4n) is 6.80. The zero-order valence-electron chi connectivity index (χ0n) is 37.8. The van der Waals surface area contributed by atoms with E-state index >= 15 is 0 Å². The molecule has 2 saturated heterocycles. The lowest BCUT2D eigenvalue weighted by Gasteiger charge is -2.44. The molecule has 4 aliphatic rings. The molecule has 6 heterocycles. The van der Waals surface area contributed by atoms with Crippen molar-refractivity contribution in [1.29, 1.82) is 0 Å². The smallest absolute Gasteiger partial charge is 0.426 e. The van der Waals surface area contributed by atoms with Crippen LogP contribution in [0.15, 0.2) is 32.9 Å². The van der Waals surface area contributed by atoms with Crippen molar-refractivity contribution >= 4 is 92.3 Å². The molecule has 4 atom stereocenters. The summed E-state index contributed by atoms with van der Waals surface area (Å²) in [5, 5.41) is 4.23. The first-order valence-electron chi connectivity index (χ1n) is 20.4. The Morgan fingerprint density at radius 3 is 1.16 bits per heavy atom. The van der Waals surface area contributed by atoms with E-state index < -0.39 is 57.9 Å². The second-order valence-corrected chi connectivity index (χ2v) is 23.2. The number of amides is 4. The van der Waals surface area contributed by atoms with Crippen molar-refractivity contribution in [3.05, 3.63) is 32.6 Å². The number of thiophene rings is 2. The molecule has 344 valence electrons. The highest BCUT2D eigenvalue weighted by Crippen LogP contribution is 2.49. The Labute approximate surface area is 381 Å². The number of carbonyl (C=O) groups is 4. The Hall–Kier alpha value is -3.56. The number of aliphatic imine (C=N–C) groups is 2. The van der Waals surface area contributed by atoms with Gasteiger partial charge in [-0.05, 0) is 108 Å². The van der Waals surface area contributed by atoms with Gasteiger partial charge < -0.3 is 39.9 Å². The molecule has 2 aromatic heterocycles. The average molecular weight is 939 g/mol. The van der Waals surface area contributed by atoms with Crippen LogP contribution in [-0.4, -0.2) is 105 Å². The van der Waals surface area contributed by atoms with Crippen LogP contribution in [0.25, 0.3) is 0 Å². The van der Waals surface area contributed by atoms with Crippen LogP contribution in [-0.2, 0) is 39.5 Å². The summed E-state index contributed by atoms with van der Waals surface area (Å²) in [5.74, 6) is 1.77. The topological polar surface area (TPSA) is 207 Å². The van der Waals surface area contributed by atoms with Gasteiger partial charge in [0, 0.05) is 68.4 Å². The van der Waals surface area contributed by atoms with E-state index in [4.69, 9.17) is 49.9 Å². The molecule has 62 heavy (non-hydrogen) atoms. The van der Waals surface area contributed by atoms with Gasteiger partial charge in [-0.25, -0.2) is 29.2 Å². The molecule has 0 saturated carbocycles. The second-order valence-electron chi connectivity index (χ2n) is 19.4. The largest absolute Gasteiger partial charge is 0.443 e. The van der Waals surface area contributed by atoms with Crippen molar-refractivity contribution in [3.63, 3.8) is 0 Å². The Bertz CT molecular complexity index is 1830. The minimum atomic E-state index is -0.816. The molecule has 6 rings (SSSR count). The van der Waals surface area contributed by atoms with E-state index in [1.807, 2.05) is 22.9 Å². The molecule has 0 radical (unpaired) electrons. The SMILES string of the molecule is CC(C)(C)OC(=O)N(C(=O)OC(C)(C)C)C1=N[C@@]2(c3cc(N)cs3)COCC[C@H]2CS1.CC(C)(C)OC(=O)N(C(=O)OC(C)(C)C)C1=N[C@@]2(c3cc(N)cs3)COCC[C@H]2CS1. The number of amidine groups is 2. The fourth-order valence-corrected chi connectivity index (χ4v) is 11.4. The molecule has 0 spiro atoms. The van der Waals surface area contributed by atoms with Crippen molar-refractivity contribution in [2.75, 3.05) is 49.4 Å². The zero-order chi connectivity index (χ0) is 46.1. The maximum atomic E-state index is 13.1. The summed E-state index contributed by atoms with van der Waals surface area (Å²) in [6.45, 7) is 23.0. The van der Waals surface area contributed by atoms with E-state index in [0.717, 1.165) is 32.4 Å². The van der Waals surface area contributed by atoms with Gasteiger partial charge in [-0.3, -0.25) is 0 Å². The Morgan fingerprint density at radius 1 is 0.597 bits per heavy atom. The van der Waals surface area contributed by atoms with Gasteiger partial charge in [0.05, 0.1) is 13.2 Å². The number of thioether (sulfide) groups is 2. The van der Waals surface area contributed by atoms with Crippen molar-refractivity contribution in [1.82, 2.24) is 9.80 Å². The maximum absolute atomic E-state index is 13.1. The minimum Gasteiger partial charge on any atom is -0.443 e. The first-order chi connectivity index (χ1) is 28.6. The number of nitrogen functional groups attached to an aromatic ring is 2. The number of nitrogens with zero attached hydrogens (tertiary/aromatic N) is 4. The number of hydrogen-bond donors (Lipinski definition) is 2. The zero-order valence-corrected chi connectivity index (χ0v) is 41.0. The number of nitrogens with two attached hydrogens (primary N) is 2. The highest BCUT2D eigenvalue weighted by atomic mass is 32.2. The van der Waals surface area contributed by atoms with E-state index in [2.05, 4.69) is 0 Å².